The van der Waals surface area contributed by atoms with Gasteiger partial charge in [0.15, 0.2) is 0 Å². The van der Waals surface area contributed by atoms with E-state index in [1.807, 2.05) is 30.3 Å². The van der Waals surface area contributed by atoms with Crippen LogP contribution in [0.4, 0.5) is 0 Å². The minimum Gasteiger partial charge on any atom is -0.412 e. The number of phosphoric ester groups is 1. The van der Waals surface area contributed by atoms with Crippen LogP contribution in [0, 0.1) is 0 Å². The predicted octanol–water partition coefficient (Wildman–Crippen LogP) is 2.00. The summed E-state index contributed by atoms with van der Waals surface area (Å²) in [4.78, 5) is 17.3. The molecule has 0 bridgehead atoms. The van der Waals surface area contributed by atoms with E-state index in [0.29, 0.717) is 0 Å². The van der Waals surface area contributed by atoms with Crippen LogP contribution in [0.1, 0.15) is 0 Å². The molecule has 6 heteroatoms. The largest absolute Gasteiger partial charge is 0.524 e. The van der Waals surface area contributed by atoms with Crippen molar-refractivity contribution >= 4 is 7.82 Å². The summed E-state index contributed by atoms with van der Waals surface area (Å²) < 4.78 is 15.1. The Morgan fingerprint density at radius 3 is 1.83 bits per heavy atom. The average Bonchev–Trinajstić information content (AvgIpc) is 2.29. The molecule has 0 heterocycles. The normalized spacial score (nSPS) is 10.6. The van der Waals surface area contributed by atoms with Crippen molar-refractivity contribution in [1.29, 1.82) is 0 Å². The van der Waals surface area contributed by atoms with Crippen LogP contribution in [0.15, 0.2) is 54.6 Å². The third kappa shape index (κ3) is 3.98. The lowest BCUT2D eigenvalue weighted by Gasteiger charge is -2.07. The Morgan fingerprint density at radius 1 is 0.833 bits per heavy atom. The zero-order chi connectivity index (χ0) is 12.3. The number of phosphoric acid groups is 1. The first-order chi connectivity index (χ1) is 8.04. The Labute approximate surface area is 104 Å². The maximum absolute atomic E-state index is 10.6. The van der Waals surface area contributed by atoms with E-state index in [1.54, 1.807) is 12.1 Å². The molecule has 0 saturated carbocycles. The molecule has 96 valence electrons. The molecule has 0 fully saturated rings. The first-order valence-electron chi connectivity index (χ1n) is 4.95. The number of rotatable bonds is 3. The molecule has 18 heavy (non-hydrogen) atoms. The van der Waals surface area contributed by atoms with Crippen LogP contribution in [0.5, 0.6) is 5.75 Å². The van der Waals surface area contributed by atoms with Gasteiger partial charge in [-0.2, -0.15) is 0 Å². The molecular formula is C12H13O5P. The Morgan fingerprint density at radius 2 is 1.33 bits per heavy atom. The molecule has 0 aliphatic heterocycles. The van der Waals surface area contributed by atoms with Gasteiger partial charge in [0, 0.05) is 0 Å². The molecule has 0 atom stereocenters. The van der Waals surface area contributed by atoms with E-state index in [2.05, 4.69) is 4.52 Å². The van der Waals surface area contributed by atoms with E-state index < -0.39 is 7.82 Å². The highest BCUT2D eigenvalue weighted by atomic mass is 31.2. The Bertz CT molecular complexity index is 532. The first kappa shape index (κ1) is 14.4. The van der Waals surface area contributed by atoms with Crippen LogP contribution in [-0.2, 0) is 4.57 Å². The quantitative estimate of drug-likeness (QED) is 0.831. The number of hydrogen-bond donors (Lipinski definition) is 2. The van der Waals surface area contributed by atoms with Crippen molar-refractivity contribution in [3.63, 3.8) is 0 Å². The maximum Gasteiger partial charge on any atom is 0.524 e. The third-order valence-electron chi connectivity index (χ3n) is 2.19. The third-order valence-corrected chi connectivity index (χ3v) is 2.63. The van der Waals surface area contributed by atoms with Crippen molar-refractivity contribution in [1.82, 2.24) is 0 Å². The second-order valence-corrected chi connectivity index (χ2v) is 4.64. The molecule has 4 N–H and O–H groups in total. The Kier molecular flexibility index (Phi) is 4.64. The van der Waals surface area contributed by atoms with E-state index >= 15 is 0 Å². The molecule has 5 nitrogen and oxygen atoms in total. The van der Waals surface area contributed by atoms with Gasteiger partial charge in [-0.15, -0.1) is 0 Å². The second-order valence-electron chi connectivity index (χ2n) is 3.47. The van der Waals surface area contributed by atoms with Crippen molar-refractivity contribution in [3.05, 3.63) is 54.6 Å². The summed E-state index contributed by atoms with van der Waals surface area (Å²) in [5.41, 5.74) is 2.00. The van der Waals surface area contributed by atoms with Crippen molar-refractivity contribution < 1.29 is 24.4 Å². The summed E-state index contributed by atoms with van der Waals surface area (Å²) in [7, 11) is -4.47. The fourth-order valence-corrected chi connectivity index (χ4v) is 1.87. The molecule has 0 amide bonds. The number of hydrogen-bond acceptors (Lipinski definition) is 2. The summed E-state index contributed by atoms with van der Waals surface area (Å²) in [5.74, 6) is 0.151. The minimum absolute atomic E-state index is 0. The monoisotopic (exact) mass is 268 g/mol. The van der Waals surface area contributed by atoms with Crippen molar-refractivity contribution in [3.8, 4) is 16.9 Å². The molecule has 0 saturated heterocycles. The summed E-state index contributed by atoms with van der Waals surface area (Å²) in [6.45, 7) is 0. The lowest BCUT2D eigenvalue weighted by atomic mass is 10.1. The highest BCUT2D eigenvalue weighted by Crippen LogP contribution is 2.37. The first-order valence-corrected chi connectivity index (χ1v) is 6.48. The molecule has 0 aromatic heterocycles. The summed E-state index contributed by atoms with van der Waals surface area (Å²) in [5, 5.41) is 0. The smallest absolute Gasteiger partial charge is 0.412 e. The minimum atomic E-state index is -4.47. The zero-order valence-corrected chi connectivity index (χ0v) is 10.2. The van der Waals surface area contributed by atoms with Crippen LogP contribution >= 0.6 is 7.82 Å². The molecule has 0 radical (unpaired) electrons. The lowest BCUT2D eigenvalue weighted by molar-refractivity contribution is 0.283. The van der Waals surface area contributed by atoms with Gasteiger partial charge in [0.25, 0.3) is 0 Å². The fraction of sp³-hybridized carbons (Fsp3) is 0. The van der Waals surface area contributed by atoms with Gasteiger partial charge in [-0.05, 0) is 23.3 Å². The van der Waals surface area contributed by atoms with Gasteiger partial charge in [0.05, 0.1) is 0 Å². The van der Waals surface area contributed by atoms with Crippen LogP contribution < -0.4 is 4.52 Å². The molecule has 0 aliphatic carbocycles. The van der Waals surface area contributed by atoms with Gasteiger partial charge < -0.3 is 10.00 Å². The summed E-state index contributed by atoms with van der Waals surface area (Å²) >= 11 is 0. The molecule has 0 spiro atoms. The highest BCUT2D eigenvalue weighted by Gasteiger charge is 2.15. The van der Waals surface area contributed by atoms with Gasteiger partial charge in [0.1, 0.15) is 5.75 Å². The maximum atomic E-state index is 10.6. The highest BCUT2D eigenvalue weighted by molar-refractivity contribution is 7.46. The molecule has 0 unspecified atom stereocenters. The van der Waals surface area contributed by atoms with Crippen LogP contribution in [0.3, 0.4) is 0 Å². The van der Waals surface area contributed by atoms with E-state index in [-0.39, 0.29) is 11.2 Å². The standard InChI is InChI=1S/C12H11O4P.H2O/c13-17(14,15)16-12-8-6-11(7-9-12)10-4-2-1-3-5-10;/h1-9H,(H2,13,14,15);1H2. The molecule has 2 rings (SSSR count). The Hall–Kier alpha value is -1.65. The van der Waals surface area contributed by atoms with Gasteiger partial charge in [-0.1, -0.05) is 42.5 Å². The van der Waals surface area contributed by atoms with Crippen molar-refractivity contribution in [2.24, 2.45) is 0 Å². The van der Waals surface area contributed by atoms with E-state index in [1.165, 1.54) is 12.1 Å². The van der Waals surface area contributed by atoms with Gasteiger partial charge in [-0.3, -0.25) is 9.79 Å². The molecule has 2 aromatic rings. The summed E-state index contributed by atoms with van der Waals surface area (Å²) in [6, 6.07) is 16.3. The predicted molar refractivity (Wildman–Crippen MR) is 68.2 cm³/mol. The summed E-state index contributed by atoms with van der Waals surface area (Å²) in [6.07, 6.45) is 0. The van der Waals surface area contributed by atoms with Crippen LogP contribution in [-0.4, -0.2) is 15.3 Å². The van der Waals surface area contributed by atoms with E-state index in [4.69, 9.17) is 9.79 Å². The van der Waals surface area contributed by atoms with Crippen LogP contribution in [0.25, 0.3) is 11.1 Å². The van der Waals surface area contributed by atoms with Gasteiger partial charge >= 0.3 is 7.82 Å². The van der Waals surface area contributed by atoms with E-state index in [0.717, 1.165) is 11.1 Å². The van der Waals surface area contributed by atoms with Gasteiger partial charge in [-0.25, -0.2) is 4.57 Å². The van der Waals surface area contributed by atoms with Crippen LogP contribution in [0.2, 0.25) is 0 Å². The average molecular weight is 268 g/mol. The topological polar surface area (TPSA) is 98.3 Å². The van der Waals surface area contributed by atoms with Gasteiger partial charge in [0.2, 0.25) is 0 Å². The SMILES string of the molecule is O.O=P(O)(O)Oc1ccc(-c2ccccc2)cc1. The van der Waals surface area contributed by atoms with Crippen molar-refractivity contribution in [2.45, 2.75) is 0 Å². The lowest BCUT2D eigenvalue weighted by Crippen LogP contribution is -1.89. The Balaban J connectivity index is 0.00000162. The second kappa shape index (κ2) is 5.80. The van der Waals surface area contributed by atoms with E-state index in [9.17, 15) is 4.57 Å². The molecule has 0 aliphatic rings. The fourth-order valence-electron chi connectivity index (χ4n) is 1.48. The molecule has 2 aromatic carbocycles. The molecular weight excluding hydrogens is 255 g/mol. The number of benzene rings is 2. The van der Waals surface area contributed by atoms with Crippen molar-refractivity contribution in [2.75, 3.05) is 0 Å². The zero-order valence-electron chi connectivity index (χ0n) is 9.35.